The minimum atomic E-state index is -3.69. The molecule has 0 unspecified atom stereocenters. The number of ether oxygens (including phenoxy) is 2. The smallest absolute Gasteiger partial charge is 0.243 e. The summed E-state index contributed by atoms with van der Waals surface area (Å²) in [5.41, 5.74) is 0.548. The summed E-state index contributed by atoms with van der Waals surface area (Å²) in [5.74, 6) is -1.18. The van der Waals surface area contributed by atoms with E-state index in [1.54, 1.807) is 6.92 Å². The Morgan fingerprint density at radius 2 is 1.82 bits per heavy atom. The summed E-state index contributed by atoms with van der Waals surface area (Å²) in [6.07, 6.45) is 1.87. The lowest BCUT2D eigenvalue weighted by molar-refractivity contribution is -0.280. The van der Waals surface area contributed by atoms with Crippen LogP contribution in [0.15, 0.2) is 23.1 Å². The molecule has 22 heavy (non-hydrogen) atoms. The number of benzene rings is 1. The van der Waals surface area contributed by atoms with Crippen LogP contribution < -0.4 is 0 Å². The third-order valence-corrected chi connectivity index (χ3v) is 6.31. The molecule has 0 bridgehead atoms. The molecule has 0 radical (unpaired) electrons. The van der Waals surface area contributed by atoms with E-state index in [0.717, 1.165) is 12.5 Å². The van der Waals surface area contributed by atoms with Gasteiger partial charge in [0, 0.05) is 25.9 Å². The Hall–Kier alpha value is -1.02. The number of aryl methyl sites for hydroxylation is 1. The molecule has 1 aromatic rings. The Morgan fingerprint density at radius 3 is 2.45 bits per heavy atom. The lowest BCUT2D eigenvalue weighted by atomic mass is 10.0. The Balaban J connectivity index is 1.78. The van der Waals surface area contributed by atoms with E-state index in [-0.39, 0.29) is 4.90 Å². The van der Waals surface area contributed by atoms with Gasteiger partial charge in [0.15, 0.2) is 5.79 Å². The summed E-state index contributed by atoms with van der Waals surface area (Å²) in [7, 11) is -3.69. The first kappa shape index (κ1) is 15.9. The van der Waals surface area contributed by atoms with E-state index < -0.39 is 21.6 Å². The predicted octanol–water partition coefficient (Wildman–Crippen LogP) is 2.05. The Morgan fingerprint density at radius 1 is 1.18 bits per heavy atom. The molecular weight excluding hydrogens is 309 g/mol. The van der Waals surface area contributed by atoms with E-state index in [1.165, 1.54) is 16.4 Å². The zero-order chi connectivity index (χ0) is 15.8. The van der Waals surface area contributed by atoms with Crippen LogP contribution in [0.3, 0.4) is 0 Å². The molecule has 7 heteroatoms. The minimum absolute atomic E-state index is 0.0360. The van der Waals surface area contributed by atoms with Gasteiger partial charge in [-0.05, 0) is 31.0 Å². The molecule has 0 aliphatic carbocycles. The topological polar surface area (TPSA) is 55.8 Å². The second kappa shape index (κ2) is 5.88. The fourth-order valence-corrected chi connectivity index (χ4v) is 4.64. The van der Waals surface area contributed by atoms with Crippen molar-refractivity contribution in [2.75, 3.05) is 26.3 Å². The number of hydrogen-bond acceptors (Lipinski definition) is 4. The lowest BCUT2D eigenvalue weighted by Crippen LogP contribution is -2.51. The van der Waals surface area contributed by atoms with Gasteiger partial charge >= 0.3 is 0 Å². The third kappa shape index (κ3) is 2.90. The Bertz CT molecular complexity index is 646. The number of sulfonamides is 1. The normalized spacial score (nSPS) is 22.8. The fraction of sp³-hybridized carbons (Fsp3) is 0.600. The van der Waals surface area contributed by atoms with Crippen LogP contribution in [0.25, 0.3) is 0 Å². The molecule has 3 rings (SSSR count). The van der Waals surface area contributed by atoms with Gasteiger partial charge in [0.05, 0.1) is 18.1 Å². The van der Waals surface area contributed by atoms with Crippen molar-refractivity contribution >= 4 is 10.0 Å². The maximum Gasteiger partial charge on any atom is 0.243 e. The number of rotatable bonds is 2. The minimum Gasteiger partial charge on any atom is -0.350 e. The SMILES string of the molecule is Cc1ccc(F)cc1S(=O)(=O)N1CCC2(CC1)OCCCO2. The quantitative estimate of drug-likeness (QED) is 0.833. The maximum atomic E-state index is 13.4. The zero-order valence-electron chi connectivity index (χ0n) is 12.5. The summed E-state index contributed by atoms with van der Waals surface area (Å²) in [4.78, 5) is 0.0360. The third-order valence-electron chi connectivity index (χ3n) is 4.27. The average Bonchev–Trinajstić information content (AvgIpc) is 2.51. The molecule has 2 aliphatic heterocycles. The van der Waals surface area contributed by atoms with Crippen LogP contribution in [0.5, 0.6) is 0 Å². The lowest BCUT2D eigenvalue weighted by Gasteiger charge is -2.42. The van der Waals surface area contributed by atoms with Crippen molar-refractivity contribution in [2.45, 2.75) is 36.9 Å². The maximum absolute atomic E-state index is 13.4. The van der Waals surface area contributed by atoms with E-state index in [2.05, 4.69) is 0 Å². The van der Waals surface area contributed by atoms with Crippen LogP contribution >= 0.6 is 0 Å². The van der Waals surface area contributed by atoms with Crippen LogP contribution in [-0.4, -0.2) is 44.8 Å². The van der Waals surface area contributed by atoms with E-state index in [0.29, 0.717) is 44.7 Å². The molecule has 122 valence electrons. The number of piperidine rings is 1. The van der Waals surface area contributed by atoms with E-state index in [1.807, 2.05) is 0 Å². The molecule has 5 nitrogen and oxygen atoms in total. The largest absolute Gasteiger partial charge is 0.350 e. The van der Waals surface area contributed by atoms with Gasteiger partial charge in [0.2, 0.25) is 10.0 Å². The van der Waals surface area contributed by atoms with Gasteiger partial charge in [-0.25, -0.2) is 12.8 Å². The molecule has 0 aromatic heterocycles. The first-order valence-electron chi connectivity index (χ1n) is 7.47. The highest BCUT2D eigenvalue weighted by molar-refractivity contribution is 7.89. The van der Waals surface area contributed by atoms with Crippen molar-refractivity contribution in [1.82, 2.24) is 4.31 Å². The van der Waals surface area contributed by atoms with E-state index in [4.69, 9.17) is 9.47 Å². The molecule has 2 heterocycles. The van der Waals surface area contributed by atoms with Gasteiger partial charge in [0.1, 0.15) is 5.82 Å². The molecule has 1 aromatic carbocycles. The zero-order valence-corrected chi connectivity index (χ0v) is 13.4. The van der Waals surface area contributed by atoms with Crippen LogP contribution in [0, 0.1) is 12.7 Å². The second-order valence-corrected chi connectivity index (χ2v) is 7.68. The van der Waals surface area contributed by atoms with Gasteiger partial charge in [-0.15, -0.1) is 0 Å². The molecule has 1 spiro atoms. The van der Waals surface area contributed by atoms with Gasteiger partial charge < -0.3 is 9.47 Å². The molecular formula is C15H20FNO4S. The molecule has 0 N–H and O–H groups in total. The predicted molar refractivity (Wildman–Crippen MR) is 78.4 cm³/mol. The van der Waals surface area contributed by atoms with Gasteiger partial charge in [-0.3, -0.25) is 0 Å². The van der Waals surface area contributed by atoms with Gasteiger partial charge in [0.25, 0.3) is 0 Å². The van der Waals surface area contributed by atoms with Crippen LogP contribution in [0.2, 0.25) is 0 Å². The average molecular weight is 329 g/mol. The summed E-state index contributed by atoms with van der Waals surface area (Å²) in [6, 6.07) is 3.84. The summed E-state index contributed by atoms with van der Waals surface area (Å²) in [6.45, 7) is 3.60. The fourth-order valence-electron chi connectivity index (χ4n) is 2.96. The van der Waals surface area contributed by atoms with E-state index >= 15 is 0 Å². The molecule has 0 saturated carbocycles. The van der Waals surface area contributed by atoms with Crippen LogP contribution in [-0.2, 0) is 19.5 Å². The number of hydrogen-bond donors (Lipinski definition) is 0. The Labute approximate surface area is 130 Å². The monoisotopic (exact) mass is 329 g/mol. The van der Waals surface area contributed by atoms with Crippen molar-refractivity contribution in [3.05, 3.63) is 29.6 Å². The number of nitrogens with zero attached hydrogens (tertiary/aromatic N) is 1. The molecule has 2 fully saturated rings. The van der Waals surface area contributed by atoms with Crippen molar-refractivity contribution in [3.8, 4) is 0 Å². The summed E-state index contributed by atoms with van der Waals surface area (Å²) >= 11 is 0. The van der Waals surface area contributed by atoms with Crippen molar-refractivity contribution < 1.29 is 22.3 Å². The first-order valence-corrected chi connectivity index (χ1v) is 8.91. The standard InChI is InChI=1S/C15H20FNO4S/c1-12-3-4-13(16)11-14(12)22(18,19)17-7-5-15(6-8-17)20-9-2-10-21-15/h3-4,11H,2,5-10H2,1H3. The highest BCUT2D eigenvalue weighted by Gasteiger charge is 2.41. The molecule has 2 aliphatic rings. The van der Waals surface area contributed by atoms with Crippen LogP contribution in [0.1, 0.15) is 24.8 Å². The summed E-state index contributed by atoms with van der Waals surface area (Å²) in [5, 5.41) is 0. The van der Waals surface area contributed by atoms with Crippen molar-refractivity contribution in [1.29, 1.82) is 0 Å². The van der Waals surface area contributed by atoms with Crippen LogP contribution in [0.4, 0.5) is 4.39 Å². The molecule has 2 saturated heterocycles. The van der Waals surface area contributed by atoms with E-state index in [9.17, 15) is 12.8 Å². The van der Waals surface area contributed by atoms with Gasteiger partial charge in [-0.1, -0.05) is 6.07 Å². The molecule has 0 amide bonds. The summed E-state index contributed by atoms with van der Waals surface area (Å²) < 4.78 is 51.6. The van der Waals surface area contributed by atoms with Crippen molar-refractivity contribution in [2.24, 2.45) is 0 Å². The van der Waals surface area contributed by atoms with Gasteiger partial charge in [-0.2, -0.15) is 4.31 Å². The number of halogens is 1. The first-order chi connectivity index (χ1) is 10.4. The highest BCUT2D eigenvalue weighted by atomic mass is 32.2. The molecule has 0 atom stereocenters. The highest BCUT2D eigenvalue weighted by Crippen LogP contribution is 2.33. The second-order valence-electron chi connectivity index (χ2n) is 5.78. The van der Waals surface area contributed by atoms with Crippen molar-refractivity contribution in [3.63, 3.8) is 0 Å². The Kier molecular flexibility index (Phi) is 4.24.